The third-order valence-electron chi connectivity index (χ3n) is 12.4. The van der Waals surface area contributed by atoms with Crippen LogP contribution in [0.4, 0.5) is 11.4 Å². The normalized spacial score (nSPS) is 22.9. The Morgan fingerprint density at radius 1 is 0.705 bits per heavy atom. The van der Waals surface area contributed by atoms with Gasteiger partial charge < -0.3 is 30.6 Å². The monoisotopic (exact) mass is 819 g/mol. The first-order valence-electron chi connectivity index (χ1n) is 20.5. The zero-order valence-corrected chi connectivity index (χ0v) is 33.6. The molecule has 4 aromatic carbocycles. The van der Waals surface area contributed by atoms with Gasteiger partial charge in [0.15, 0.2) is 5.76 Å². The molecule has 2 aliphatic heterocycles. The number of carbonyl (C=O) groups is 6. The van der Waals surface area contributed by atoms with E-state index in [-0.39, 0.29) is 53.5 Å². The second-order valence-electron chi connectivity index (χ2n) is 16.4. The molecule has 2 aliphatic carbocycles. The first-order valence-corrected chi connectivity index (χ1v) is 20.5. The van der Waals surface area contributed by atoms with E-state index in [1.54, 1.807) is 88.8 Å². The van der Waals surface area contributed by atoms with Crippen LogP contribution in [0.2, 0.25) is 0 Å². The third-order valence-corrected chi connectivity index (χ3v) is 12.4. The van der Waals surface area contributed by atoms with Crippen LogP contribution in [-0.4, -0.2) is 74.4 Å². The lowest BCUT2D eigenvalue weighted by Gasteiger charge is -2.35. The Morgan fingerprint density at radius 2 is 1.28 bits per heavy atom. The van der Waals surface area contributed by atoms with Gasteiger partial charge in [-0.15, -0.1) is 0 Å². The number of benzene rings is 4. The number of amides is 6. The Kier molecular flexibility index (Phi) is 10.2. The molecule has 5 aromatic rings. The highest BCUT2D eigenvalue weighted by Gasteiger charge is 2.58. The van der Waals surface area contributed by atoms with Gasteiger partial charge in [-0.3, -0.25) is 33.7 Å². The number of rotatable bonds is 12. The van der Waals surface area contributed by atoms with Gasteiger partial charge in [0.1, 0.15) is 24.2 Å². The van der Waals surface area contributed by atoms with Gasteiger partial charge in [0.05, 0.1) is 6.20 Å². The van der Waals surface area contributed by atoms with Crippen LogP contribution in [0.25, 0.3) is 22.8 Å². The maximum atomic E-state index is 14.4. The quantitative estimate of drug-likeness (QED) is 0.150. The van der Waals surface area contributed by atoms with E-state index < -0.39 is 30.1 Å². The number of hydrogen-bond donors (Lipinski definition) is 3. The summed E-state index contributed by atoms with van der Waals surface area (Å²) in [5.74, 6) is -0.848. The second-order valence-corrected chi connectivity index (χ2v) is 16.4. The van der Waals surface area contributed by atoms with Gasteiger partial charge in [-0.1, -0.05) is 60.7 Å². The van der Waals surface area contributed by atoms with E-state index in [4.69, 9.17) is 10.2 Å². The van der Waals surface area contributed by atoms with E-state index in [9.17, 15) is 28.8 Å². The highest BCUT2D eigenvalue weighted by Crippen LogP contribution is 2.50. The van der Waals surface area contributed by atoms with Crippen molar-refractivity contribution in [2.24, 2.45) is 17.6 Å². The lowest BCUT2D eigenvalue weighted by molar-refractivity contribution is -0.141. The van der Waals surface area contributed by atoms with E-state index in [0.29, 0.717) is 58.1 Å². The molecule has 61 heavy (non-hydrogen) atoms. The summed E-state index contributed by atoms with van der Waals surface area (Å²) >= 11 is 0. The summed E-state index contributed by atoms with van der Waals surface area (Å²) in [4.78, 5) is 89.1. The molecule has 2 saturated heterocycles. The highest BCUT2D eigenvalue weighted by atomic mass is 16.4. The minimum absolute atomic E-state index is 0.0335. The zero-order valence-electron chi connectivity index (χ0n) is 33.6. The predicted octanol–water partition coefficient (Wildman–Crippen LogP) is 5.38. The molecular weight excluding hydrogens is 775 g/mol. The average Bonchev–Trinajstić information content (AvgIpc) is 4.03. The molecule has 8 atom stereocenters. The van der Waals surface area contributed by atoms with Crippen LogP contribution in [0.5, 0.6) is 0 Å². The number of nitrogens with zero attached hydrogens (tertiary/aromatic N) is 4. The highest BCUT2D eigenvalue weighted by molar-refractivity contribution is 6.02. The number of nitrogens with one attached hydrogen (secondary N) is 2. The number of oxazole rings is 1. The van der Waals surface area contributed by atoms with Gasteiger partial charge in [0.2, 0.25) is 29.5 Å². The van der Waals surface area contributed by atoms with Crippen LogP contribution in [0.1, 0.15) is 62.7 Å². The Balaban J connectivity index is 0.889. The summed E-state index contributed by atoms with van der Waals surface area (Å²) in [6.07, 6.45) is 4.34. The van der Waals surface area contributed by atoms with Crippen LogP contribution in [0.3, 0.4) is 0 Å². The van der Waals surface area contributed by atoms with E-state index in [0.717, 1.165) is 12.8 Å². The number of fused-ring (bicyclic) bond motifs is 2. The van der Waals surface area contributed by atoms with E-state index in [1.165, 1.54) is 18.7 Å². The Labute approximate surface area is 352 Å². The number of anilines is 2. The summed E-state index contributed by atoms with van der Waals surface area (Å²) < 4.78 is 6.16. The summed E-state index contributed by atoms with van der Waals surface area (Å²) in [6, 6.07) is 28.9. The van der Waals surface area contributed by atoms with E-state index in [2.05, 4.69) is 15.6 Å². The van der Waals surface area contributed by atoms with Crippen molar-refractivity contribution in [1.29, 1.82) is 0 Å². The second kappa shape index (κ2) is 15.8. The van der Waals surface area contributed by atoms with Gasteiger partial charge >= 0.3 is 0 Å². The lowest BCUT2D eigenvalue weighted by Crippen LogP contribution is -2.51. The summed E-state index contributed by atoms with van der Waals surface area (Å²) in [5, 5.41) is 5.75. The molecule has 6 amide bonds. The average molecular weight is 820 g/mol. The molecule has 0 radical (unpaired) electrons. The SMILES string of the molecule is CC(=O)N[C@@H](C(=O)N1[C@H](C(=O)Nc2ccc(-c3cnc(-c4ccc(N(C(C)=O)[C@@H](C(=O)N5[C@H](C(N)=O)C[C@@H]6C[C@@H]65)c5ccccc5)cc4)o3)cc2)C[C@@H]2C[C@@H]21)c1ccccc1. The smallest absolute Gasteiger partial charge is 0.251 e. The molecule has 0 spiro atoms. The molecule has 1 aromatic heterocycles. The predicted molar refractivity (Wildman–Crippen MR) is 225 cm³/mol. The van der Waals surface area contributed by atoms with Crippen molar-refractivity contribution in [3.05, 3.63) is 127 Å². The van der Waals surface area contributed by atoms with Gasteiger partial charge in [0, 0.05) is 48.4 Å². The fourth-order valence-corrected chi connectivity index (χ4v) is 9.26. The maximum Gasteiger partial charge on any atom is 0.251 e. The number of aromatic nitrogens is 1. The topological polar surface area (TPSA) is 188 Å². The molecule has 310 valence electrons. The molecular formula is C47H45N7O7. The molecule has 2 saturated carbocycles. The largest absolute Gasteiger partial charge is 0.436 e. The fraction of sp³-hybridized carbons (Fsp3) is 0.298. The molecule has 0 unspecified atom stereocenters. The van der Waals surface area contributed by atoms with Gasteiger partial charge in [-0.2, -0.15) is 0 Å². The molecule has 14 heteroatoms. The molecule has 3 heterocycles. The van der Waals surface area contributed by atoms with Crippen molar-refractivity contribution in [1.82, 2.24) is 20.1 Å². The molecule has 4 fully saturated rings. The van der Waals surface area contributed by atoms with Crippen molar-refractivity contribution < 1.29 is 33.2 Å². The van der Waals surface area contributed by atoms with Crippen molar-refractivity contribution in [3.63, 3.8) is 0 Å². The van der Waals surface area contributed by atoms with Crippen LogP contribution in [-0.2, 0) is 28.8 Å². The molecule has 14 nitrogen and oxygen atoms in total. The maximum absolute atomic E-state index is 14.4. The van der Waals surface area contributed by atoms with Gasteiger partial charge in [-0.05, 0) is 97.2 Å². The van der Waals surface area contributed by atoms with Crippen LogP contribution in [0, 0.1) is 11.8 Å². The summed E-state index contributed by atoms with van der Waals surface area (Å²) in [5.41, 5.74) is 9.40. The number of piperidine rings is 2. The van der Waals surface area contributed by atoms with Gasteiger partial charge in [0.25, 0.3) is 11.8 Å². The van der Waals surface area contributed by atoms with Crippen molar-refractivity contribution in [2.75, 3.05) is 10.2 Å². The number of carbonyl (C=O) groups excluding carboxylic acids is 6. The van der Waals surface area contributed by atoms with E-state index >= 15 is 0 Å². The van der Waals surface area contributed by atoms with Crippen LogP contribution < -0.4 is 21.3 Å². The van der Waals surface area contributed by atoms with Crippen LogP contribution in [0.15, 0.2) is 120 Å². The van der Waals surface area contributed by atoms with Gasteiger partial charge in [-0.25, -0.2) is 4.98 Å². The van der Waals surface area contributed by atoms with Crippen molar-refractivity contribution in [2.45, 2.75) is 75.8 Å². The fourth-order valence-electron chi connectivity index (χ4n) is 9.26. The van der Waals surface area contributed by atoms with E-state index in [1.807, 2.05) is 36.4 Å². The molecule has 0 bridgehead atoms. The Bertz CT molecular complexity index is 2510. The Hall–Kier alpha value is -7.09. The van der Waals surface area contributed by atoms with Crippen LogP contribution >= 0.6 is 0 Å². The van der Waals surface area contributed by atoms with Crippen molar-refractivity contribution >= 4 is 46.8 Å². The lowest BCUT2D eigenvalue weighted by atomic mass is 10.0. The van der Waals surface area contributed by atoms with Crippen molar-refractivity contribution in [3.8, 4) is 22.8 Å². The minimum atomic E-state index is -1.01. The Morgan fingerprint density at radius 3 is 1.87 bits per heavy atom. The number of hydrogen-bond acceptors (Lipinski definition) is 8. The first-order chi connectivity index (χ1) is 29.5. The molecule has 4 N–H and O–H groups in total. The number of likely N-dealkylation sites (tertiary alicyclic amines) is 2. The number of nitrogens with two attached hydrogens (primary N) is 1. The third kappa shape index (κ3) is 7.65. The standard InChI is InChI=1S/C47H45N7O7/c1-26(55)50-41(29-9-5-3-6-10-29)46(59)54-37-22-33(37)24-39(54)44(58)51-34-17-13-28(14-18-34)40-25-49-45(61-40)31-15-19-35(20-16-31)52(27(2)56)42(30-11-7-4-8-12-30)47(60)53-36-21-32(36)23-38(53)43(48)57/h3-20,25,32-33,36-39,41-42H,21-24H2,1-2H3,(H2,48,57)(H,50,55)(H,51,58)/t32-,33-,36-,37-,38-,39-,41+,42+/m0/s1. The summed E-state index contributed by atoms with van der Waals surface area (Å²) in [6.45, 7) is 2.78. The molecule has 9 rings (SSSR count). The molecule has 4 aliphatic rings. The first kappa shape index (κ1) is 39.4. The minimum Gasteiger partial charge on any atom is -0.436 e. The summed E-state index contributed by atoms with van der Waals surface area (Å²) in [7, 11) is 0. The zero-order chi connectivity index (χ0) is 42.5. The number of primary amides is 1.